The van der Waals surface area contributed by atoms with E-state index in [1.165, 1.54) is 86.1 Å². The van der Waals surface area contributed by atoms with Crippen LogP contribution in [0.3, 0.4) is 0 Å². The zero-order chi connectivity index (χ0) is 26.1. The second kappa shape index (κ2) is 9.56. The summed E-state index contributed by atoms with van der Waals surface area (Å²) in [6, 6.07) is 7.75. The van der Waals surface area contributed by atoms with E-state index in [2.05, 4.69) is 15.1 Å². The van der Waals surface area contributed by atoms with Gasteiger partial charge in [-0.25, -0.2) is 9.97 Å². The van der Waals surface area contributed by atoms with Gasteiger partial charge in [-0.2, -0.15) is 0 Å². The topological polar surface area (TPSA) is 44.3 Å². The number of rotatable bonds is 3. The first-order valence-corrected chi connectivity index (χ1v) is 16.5. The second-order valence-corrected chi connectivity index (χ2v) is 14.8. The monoisotopic (exact) mass is 577 g/mol. The summed E-state index contributed by atoms with van der Waals surface area (Å²) in [7, 11) is 0. The highest BCUT2D eigenvalue weighted by Gasteiger charge is 2.53. The van der Waals surface area contributed by atoms with Gasteiger partial charge < -0.3 is 15.1 Å². The molecule has 0 amide bonds. The van der Waals surface area contributed by atoms with Crippen molar-refractivity contribution in [2.24, 2.45) is 17.8 Å². The molecule has 2 aromatic heterocycles. The molecule has 3 aromatic rings. The van der Waals surface area contributed by atoms with Crippen LogP contribution in [0.4, 0.5) is 11.5 Å². The summed E-state index contributed by atoms with van der Waals surface area (Å²) >= 11 is 13.8. The zero-order valence-electron chi connectivity index (χ0n) is 22.4. The zero-order valence-corrected chi connectivity index (χ0v) is 24.8. The van der Waals surface area contributed by atoms with Crippen LogP contribution in [0, 0.1) is 17.8 Å². The molecular formula is C31H36ClN5S2. The third-order valence-corrected chi connectivity index (χ3v) is 12.1. The van der Waals surface area contributed by atoms with Gasteiger partial charge in [0.1, 0.15) is 16.5 Å². The molecule has 1 N–H and O–H groups in total. The summed E-state index contributed by atoms with van der Waals surface area (Å²) < 4.78 is 0. The van der Waals surface area contributed by atoms with Gasteiger partial charge in [-0.15, -0.1) is 11.3 Å². The number of aryl methyl sites for hydroxylation is 2. The lowest BCUT2D eigenvalue weighted by Gasteiger charge is -2.56. The van der Waals surface area contributed by atoms with Gasteiger partial charge in [0.25, 0.3) is 0 Å². The van der Waals surface area contributed by atoms with Gasteiger partial charge in [0.2, 0.25) is 0 Å². The molecule has 8 heteroatoms. The minimum atomic E-state index is 0.216. The van der Waals surface area contributed by atoms with Crippen molar-refractivity contribution in [3.05, 3.63) is 45.6 Å². The Morgan fingerprint density at radius 2 is 1.59 bits per heavy atom. The van der Waals surface area contributed by atoms with Crippen molar-refractivity contribution >= 4 is 62.0 Å². The molecule has 39 heavy (non-hydrogen) atoms. The van der Waals surface area contributed by atoms with E-state index in [1.54, 1.807) is 10.4 Å². The number of hydrogen-bond donors (Lipinski definition) is 1. The number of piperazine rings is 1. The van der Waals surface area contributed by atoms with Crippen LogP contribution in [0.5, 0.6) is 0 Å². The molecular weight excluding hydrogens is 542 g/mol. The molecule has 1 aliphatic heterocycles. The molecule has 5 fully saturated rings. The number of aromatic nitrogens is 2. The minimum Gasteiger partial charge on any atom is -0.352 e. The Kier molecular flexibility index (Phi) is 6.08. The molecule has 4 bridgehead atoms. The minimum absolute atomic E-state index is 0.216. The van der Waals surface area contributed by atoms with Gasteiger partial charge in [0.05, 0.1) is 5.39 Å². The fourth-order valence-electron chi connectivity index (χ4n) is 8.85. The van der Waals surface area contributed by atoms with Gasteiger partial charge in [-0.1, -0.05) is 11.6 Å². The number of nitrogens with zero attached hydrogens (tertiary/aromatic N) is 4. The Morgan fingerprint density at radius 1 is 0.923 bits per heavy atom. The lowest BCUT2D eigenvalue weighted by molar-refractivity contribution is -0.00918. The molecule has 4 saturated carbocycles. The van der Waals surface area contributed by atoms with Crippen LogP contribution in [0.2, 0.25) is 5.02 Å². The number of thiocarbonyl (C=S) groups is 1. The van der Waals surface area contributed by atoms with Crippen molar-refractivity contribution in [3.8, 4) is 0 Å². The standard InChI is InChI=1S/C31H36ClN5S2/c32-22-5-7-23(8-6-22)33-30(38)37-11-9-36(10-12-37)27-26-24-3-1-2-4-25(24)39-28(26)35-29(34-27)31-16-19-13-20(17-31)15-21(14-19)18-31/h5-8,19-21H,1-4,9-18H2,(H,33,38). The molecule has 3 heterocycles. The van der Waals surface area contributed by atoms with Crippen LogP contribution < -0.4 is 10.2 Å². The Bertz CT molecular complexity index is 1390. The van der Waals surface area contributed by atoms with Crippen LogP contribution in [0.1, 0.15) is 67.6 Å². The highest BCUT2D eigenvalue weighted by Crippen LogP contribution is 2.60. The maximum Gasteiger partial charge on any atom is 0.173 e. The Labute approximate surface area is 245 Å². The van der Waals surface area contributed by atoms with Crippen molar-refractivity contribution in [3.63, 3.8) is 0 Å². The maximum absolute atomic E-state index is 6.06. The summed E-state index contributed by atoms with van der Waals surface area (Å²) in [5.74, 6) is 5.10. The molecule has 1 aromatic carbocycles. The van der Waals surface area contributed by atoms with E-state index in [1.807, 2.05) is 35.6 Å². The van der Waals surface area contributed by atoms with Crippen LogP contribution in [0.25, 0.3) is 10.2 Å². The molecule has 1 saturated heterocycles. The number of anilines is 2. The quantitative estimate of drug-likeness (QED) is 0.332. The lowest BCUT2D eigenvalue weighted by Crippen LogP contribution is -2.51. The third kappa shape index (κ3) is 4.34. The first-order chi connectivity index (χ1) is 19.0. The third-order valence-electron chi connectivity index (χ3n) is 10.3. The smallest absolute Gasteiger partial charge is 0.173 e. The van der Waals surface area contributed by atoms with Crippen molar-refractivity contribution in [2.75, 3.05) is 36.4 Å². The number of fused-ring (bicyclic) bond motifs is 3. The fraction of sp³-hybridized carbons (Fsp3) is 0.581. The van der Waals surface area contributed by atoms with Crippen LogP contribution in [-0.4, -0.2) is 46.2 Å². The summed E-state index contributed by atoms with van der Waals surface area (Å²) in [6.45, 7) is 3.65. The molecule has 5 aliphatic carbocycles. The van der Waals surface area contributed by atoms with Gasteiger partial charge in [0.15, 0.2) is 5.11 Å². The molecule has 6 aliphatic rings. The average Bonchev–Trinajstić information content (AvgIpc) is 3.32. The number of nitrogens with one attached hydrogen (secondary N) is 1. The highest BCUT2D eigenvalue weighted by atomic mass is 35.5. The van der Waals surface area contributed by atoms with Crippen molar-refractivity contribution in [1.82, 2.24) is 14.9 Å². The fourth-order valence-corrected chi connectivity index (χ4v) is 10.5. The highest BCUT2D eigenvalue weighted by molar-refractivity contribution is 7.80. The van der Waals surface area contributed by atoms with E-state index in [0.29, 0.717) is 0 Å². The normalized spacial score (nSPS) is 29.6. The van der Waals surface area contributed by atoms with E-state index in [9.17, 15) is 0 Å². The van der Waals surface area contributed by atoms with Crippen LogP contribution >= 0.6 is 35.2 Å². The van der Waals surface area contributed by atoms with Crippen LogP contribution in [-0.2, 0) is 18.3 Å². The summed E-state index contributed by atoms with van der Waals surface area (Å²) in [6.07, 6.45) is 13.3. The first-order valence-electron chi connectivity index (χ1n) is 14.9. The van der Waals surface area contributed by atoms with Crippen molar-refractivity contribution in [2.45, 2.75) is 69.6 Å². The molecule has 204 valence electrons. The van der Waals surface area contributed by atoms with E-state index >= 15 is 0 Å². The van der Waals surface area contributed by atoms with Crippen molar-refractivity contribution < 1.29 is 0 Å². The van der Waals surface area contributed by atoms with E-state index in [-0.39, 0.29) is 5.41 Å². The van der Waals surface area contributed by atoms with E-state index in [4.69, 9.17) is 33.8 Å². The number of thiophene rings is 1. The van der Waals surface area contributed by atoms with E-state index < -0.39 is 0 Å². The molecule has 0 atom stereocenters. The average molecular weight is 578 g/mol. The van der Waals surface area contributed by atoms with Gasteiger partial charge in [-0.3, -0.25) is 0 Å². The van der Waals surface area contributed by atoms with Gasteiger partial charge in [0, 0.05) is 47.2 Å². The molecule has 0 unspecified atom stereocenters. The number of benzene rings is 1. The van der Waals surface area contributed by atoms with Crippen LogP contribution in [0.15, 0.2) is 24.3 Å². The lowest BCUT2D eigenvalue weighted by atomic mass is 9.49. The molecule has 9 rings (SSSR count). The van der Waals surface area contributed by atoms with E-state index in [0.717, 1.165) is 59.8 Å². The number of hydrogen-bond acceptors (Lipinski definition) is 5. The SMILES string of the molecule is S=C(Nc1ccc(Cl)cc1)N1CCN(c2nc(C34CC5CC(CC(C5)C3)C4)nc3sc4c(c23)CCCC4)CC1. The second-order valence-electron chi connectivity index (χ2n) is 12.9. The molecule has 0 spiro atoms. The largest absolute Gasteiger partial charge is 0.352 e. The van der Waals surface area contributed by atoms with Gasteiger partial charge >= 0.3 is 0 Å². The van der Waals surface area contributed by atoms with Gasteiger partial charge in [-0.05, 0) is 124 Å². The maximum atomic E-state index is 6.06. The summed E-state index contributed by atoms with van der Waals surface area (Å²) in [5, 5.41) is 6.29. The summed E-state index contributed by atoms with van der Waals surface area (Å²) in [4.78, 5) is 18.7. The number of halogens is 1. The predicted octanol–water partition coefficient (Wildman–Crippen LogP) is 7.21. The molecule has 5 nitrogen and oxygen atoms in total. The predicted molar refractivity (Wildman–Crippen MR) is 165 cm³/mol. The molecule has 0 radical (unpaired) electrons. The Morgan fingerprint density at radius 3 is 2.28 bits per heavy atom. The van der Waals surface area contributed by atoms with Crippen molar-refractivity contribution in [1.29, 1.82) is 0 Å². The first kappa shape index (κ1) is 24.8. The Balaban J connectivity index is 1.10. The Hall–Kier alpha value is -1.96. The summed E-state index contributed by atoms with van der Waals surface area (Å²) in [5.41, 5.74) is 2.75.